The lowest BCUT2D eigenvalue weighted by molar-refractivity contribution is -0.384. The van der Waals surface area contributed by atoms with Gasteiger partial charge in [-0.25, -0.2) is 0 Å². The Bertz CT molecular complexity index is 651. The van der Waals surface area contributed by atoms with Gasteiger partial charge in [-0.1, -0.05) is 25.1 Å². The third-order valence-corrected chi connectivity index (χ3v) is 3.41. The van der Waals surface area contributed by atoms with E-state index in [1.54, 1.807) is 6.07 Å². The van der Waals surface area contributed by atoms with Crippen LogP contribution >= 0.6 is 0 Å². The van der Waals surface area contributed by atoms with Crippen LogP contribution in [-0.2, 0) is 6.42 Å². The minimum Gasteiger partial charge on any atom is -0.339 e. The summed E-state index contributed by atoms with van der Waals surface area (Å²) in [4.78, 5) is 14.7. The number of nitro groups is 1. The van der Waals surface area contributed by atoms with Gasteiger partial charge in [-0.3, -0.25) is 10.1 Å². The van der Waals surface area contributed by atoms with Crippen molar-refractivity contribution < 1.29 is 9.45 Å². The van der Waals surface area contributed by atoms with Gasteiger partial charge in [-0.2, -0.15) is 4.98 Å². The lowest BCUT2D eigenvalue weighted by atomic mass is 10.0. The number of nitrogens with two attached hydrogens (primary N) is 1. The van der Waals surface area contributed by atoms with E-state index in [-0.39, 0.29) is 11.7 Å². The number of nitro benzene ring substituents is 1. The van der Waals surface area contributed by atoms with E-state index in [9.17, 15) is 10.1 Å². The van der Waals surface area contributed by atoms with E-state index in [0.717, 1.165) is 5.56 Å². The summed E-state index contributed by atoms with van der Waals surface area (Å²) in [6, 6.07) is 4.51. The van der Waals surface area contributed by atoms with Gasteiger partial charge < -0.3 is 10.3 Å². The summed E-state index contributed by atoms with van der Waals surface area (Å²) in [7, 11) is 0. The predicted octanol–water partition coefficient (Wildman–Crippen LogP) is 2.48. The number of nitrogens with zero attached hydrogens (tertiary/aromatic N) is 3. The molecule has 112 valence electrons. The van der Waals surface area contributed by atoms with Gasteiger partial charge >= 0.3 is 0 Å². The fraction of sp³-hybridized carbons (Fsp3) is 0.429. The molecule has 1 atom stereocenters. The Morgan fingerprint density at radius 1 is 1.43 bits per heavy atom. The van der Waals surface area contributed by atoms with Crippen LogP contribution in [0.5, 0.6) is 0 Å². The number of aromatic nitrogens is 2. The highest BCUT2D eigenvalue weighted by atomic mass is 16.6. The van der Waals surface area contributed by atoms with Crippen molar-refractivity contribution in [2.75, 3.05) is 0 Å². The average molecular weight is 290 g/mol. The molecular weight excluding hydrogens is 272 g/mol. The maximum absolute atomic E-state index is 10.8. The molecule has 1 aromatic carbocycles. The van der Waals surface area contributed by atoms with Gasteiger partial charge in [0.25, 0.3) is 5.69 Å². The van der Waals surface area contributed by atoms with Gasteiger partial charge in [-0.15, -0.1) is 0 Å². The zero-order valence-corrected chi connectivity index (χ0v) is 12.2. The number of aryl methyl sites for hydroxylation is 1. The smallest absolute Gasteiger partial charge is 0.270 e. The summed E-state index contributed by atoms with van der Waals surface area (Å²) in [6.45, 7) is 5.88. The van der Waals surface area contributed by atoms with Crippen molar-refractivity contribution in [3.8, 4) is 11.4 Å². The average Bonchev–Trinajstić information content (AvgIpc) is 2.87. The van der Waals surface area contributed by atoms with Crippen molar-refractivity contribution in [1.82, 2.24) is 10.1 Å². The summed E-state index contributed by atoms with van der Waals surface area (Å²) in [6.07, 6.45) is 0.485. The zero-order valence-electron chi connectivity index (χ0n) is 12.2. The van der Waals surface area contributed by atoms with Gasteiger partial charge in [0.1, 0.15) is 0 Å². The van der Waals surface area contributed by atoms with Gasteiger partial charge in [0.05, 0.1) is 4.92 Å². The second-order valence-corrected chi connectivity index (χ2v) is 5.38. The molecule has 2 N–H and O–H groups in total. The second-order valence-electron chi connectivity index (χ2n) is 5.38. The third-order valence-electron chi connectivity index (χ3n) is 3.41. The first-order chi connectivity index (χ1) is 9.88. The molecule has 0 aliphatic rings. The molecule has 0 amide bonds. The van der Waals surface area contributed by atoms with E-state index in [4.69, 9.17) is 10.3 Å². The first-order valence-corrected chi connectivity index (χ1v) is 6.72. The van der Waals surface area contributed by atoms with Crippen LogP contribution in [0.3, 0.4) is 0 Å². The lowest BCUT2D eigenvalue weighted by Gasteiger charge is -2.11. The van der Waals surface area contributed by atoms with Crippen LogP contribution in [0.25, 0.3) is 11.4 Å². The Hall–Kier alpha value is -2.28. The molecule has 0 saturated heterocycles. The van der Waals surface area contributed by atoms with Crippen molar-refractivity contribution in [2.45, 2.75) is 33.2 Å². The normalized spacial score (nSPS) is 12.6. The Labute approximate surface area is 122 Å². The molecule has 2 rings (SSSR count). The molecule has 1 unspecified atom stereocenters. The predicted molar refractivity (Wildman–Crippen MR) is 77.6 cm³/mol. The largest absolute Gasteiger partial charge is 0.339 e. The molecule has 0 bridgehead atoms. The molecule has 0 fully saturated rings. The van der Waals surface area contributed by atoms with Gasteiger partial charge in [-0.05, 0) is 18.4 Å². The Kier molecular flexibility index (Phi) is 4.32. The van der Waals surface area contributed by atoms with Gasteiger partial charge in [0.15, 0.2) is 0 Å². The lowest BCUT2D eigenvalue weighted by Crippen LogP contribution is -2.28. The number of hydrogen-bond acceptors (Lipinski definition) is 6. The maximum Gasteiger partial charge on any atom is 0.270 e. The summed E-state index contributed by atoms with van der Waals surface area (Å²) in [5, 5.41) is 14.7. The summed E-state index contributed by atoms with van der Waals surface area (Å²) in [5.74, 6) is 1.10. The first kappa shape index (κ1) is 15.1. The van der Waals surface area contributed by atoms with Crippen LogP contribution < -0.4 is 5.73 Å². The Balaban J connectivity index is 2.29. The molecule has 0 radical (unpaired) electrons. The molecule has 0 saturated carbocycles. The van der Waals surface area contributed by atoms with E-state index in [1.165, 1.54) is 12.1 Å². The molecule has 0 aliphatic heterocycles. The van der Waals surface area contributed by atoms with Crippen molar-refractivity contribution >= 4 is 5.69 Å². The molecule has 0 aliphatic carbocycles. The third kappa shape index (κ3) is 3.43. The maximum atomic E-state index is 10.8. The minimum absolute atomic E-state index is 0.000770. The van der Waals surface area contributed by atoms with Crippen LogP contribution in [0.4, 0.5) is 5.69 Å². The number of rotatable bonds is 5. The van der Waals surface area contributed by atoms with Crippen molar-refractivity contribution in [2.24, 2.45) is 11.7 Å². The highest BCUT2D eigenvalue weighted by Crippen LogP contribution is 2.25. The van der Waals surface area contributed by atoms with Crippen LogP contribution in [0.2, 0.25) is 0 Å². The molecule has 1 heterocycles. The fourth-order valence-electron chi connectivity index (χ4n) is 1.85. The van der Waals surface area contributed by atoms with E-state index >= 15 is 0 Å². The molecule has 21 heavy (non-hydrogen) atoms. The van der Waals surface area contributed by atoms with Crippen molar-refractivity contribution in [1.29, 1.82) is 0 Å². The summed E-state index contributed by atoms with van der Waals surface area (Å²) >= 11 is 0. The van der Waals surface area contributed by atoms with Crippen LogP contribution in [0.15, 0.2) is 22.7 Å². The van der Waals surface area contributed by atoms with Crippen LogP contribution in [-0.4, -0.2) is 21.1 Å². The van der Waals surface area contributed by atoms with Gasteiger partial charge in [0.2, 0.25) is 11.7 Å². The first-order valence-electron chi connectivity index (χ1n) is 6.72. The van der Waals surface area contributed by atoms with Crippen LogP contribution in [0.1, 0.15) is 25.3 Å². The fourth-order valence-corrected chi connectivity index (χ4v) is 1.85. The second kappa shape index (κ2) is 6.01. The quantitative estimate of drug-likeness (QED) is 0.669. The van der Waals surface area contributed by atoms with Crippen molar-refractivity contribution in [3.05, 3.63) is 39.8 Å². The van der Waals surface area contributed by atoms with Gasteiger partial charge in [0, 0.05) is 30.2 Å². The monoisotopic (exact) mass is 290 g/mol. The molecule has 7 heteroatoms. The van der Waals surface area contributed by atoms with Crippen molar-refractivity contribution in [3.63, 3.8) is 0 Å². The Morgan fingerprint density at radius 3 is 2.76 bits per heavy atom. The zero-order chi connectivity index (χ0) is 15.6. The molecule has 0 spiro atoms. The standard InChI is InChI=1S/C14H18N4O3/c1-8(2)12(15)7-13-16-14(17-21-13)11-6-10(18(19)20)5-4-9(11)3/h4-6,8,12H,7,15H2,1-3H3. The minimum atomic E-state index is -0.446. The summed E-state index contributed by atoms with van der Waals surface area (Å²) in [5.41, 5.74) is 7.42. The van der Waals surface area contributed by atoms with E-state index in [1.807, 2.05) is 20.8 Å². The molecule has 7 nitrogen and oxygen atoms in total. The number of hydrogen-bond donors (Lipinski definition) is 1. The Morgan fingerprint density at radius 2 is 2.14 bits per heavy atom. The van der Waals surface area contributed by atoms with Crippen LogP contribution in [0, 0.1) is 23.0 Å². The number of benzene rings is 1. The van der Waals surface area contributed by atoms with E-state index < -0.39 is 4.92 Å². The topological polar surface area (TPSA) is 108 Å². The molecule has 1 aromatic heterocycles. The highest BCUT2D eigenvalue weighted by Gasteiger charge is 2.17. The molecule has 2 aromatic rings. The highest BCUT2D eigenvalue weighted by molar-refractivity contribution is 5.63. The van der Waals surface area contributed by atoms with E-state index in [0.29, 0.717) is 29.6 Å². The SMILES string of the molecule is Cc1ccc([N+](=O)[O-])cc1-c1noc(CC(N)C(C)C)n1. The molecular formula is C14H18N4O3. The number of non-ortho nitro benzene ring substituents is 1. The van der Waals surface area contributed by atoms with E-state index in [2.05, 4.69) is 10.1 Å². The summed E-state index contributed by atoms with van der Waals surface area (Å²) < 4.78 is 5.18.